The molecule has 2 aromatic carbocycles. The van der Waals surface area contributed by atoms with E-state index in [1.54, 1.807) is 11.0 Å². The van der Waals surface area contributed by atoms with Crippen LogP contribution in [0.25, 0.3) is 11.3 Å². The molecule has 30 heavy (non-hydrogen) atoms. The Morgan fingerprint density at radius 3 is 2.77 bits per heavy atom. The van der Waals surface area contributed by atoms with Gasteiger partial charge in [0.2, 0.25) is 0 Å². The normalized spacial score (nSPS) is 17.3. The van der Waals surface area contributed by atoms with Crippen LogP contribution in [-0.2, 0) is 13.0 Å². The Morgan fingerprint density at radius 2 is 2.03 bits per heavy atom. The molecule has 2 N–H and O–H groups in total. The van der Waals surface area contributed by atoms with E-state index in [4.69, 9.17) is 9.78 Å². The molecule has 4 rings (SSSR count). The van der Waals surface area contributed by atoms with Gasteiger partial charge in [-0.3, -0.25) is 4.90 Å². The van der Waals surface area contributed by atoms with Crippen molar-refractivity contribution in [1.29, 1.82) is 5.26 Å². The Hall–Kier alpha value is -3.35. The molecule has 1 aliphatic heterocycles. The van der Waals surface area contributed by atoms with E-state index in [-0.39, 0.29) is 29.5 Å². The number of hydrogen-bond acceptors (Lipinski definition) is 6. The van der Waals surface area contributed by atoms with Crippen LogP contribution in [0.5, 0.6) is 0 Å². The monoisotopic (exact) mass is 414 g/mol. The molecule has 1 aromatic heterocycles. The Balaban J connectivity index is 1.60. The van der Waals surface area contributed by atoms with Crippen LogP contribution in [0.4, 0.5) is 18.9 Å². The third-order valence-corrected chi connectivity index (χ3v) is 5.14. The fraction of sp³-hybridized carbons (Fsp3) is 0.238. The van der Waals surface area contributed by atoms with Crippen LogP contribution in [0.2, 0.25) is 0 Å². The van der Waals surface area contributed by atoms with E-state index in [2.05, 4.69) is 10.5 Å². The molecule has 0 bridgehead atoms. The van der Waals surface area contributed by atoms with Gasteiger partial charge in [0.25, 0.3) is 0 Å². The predicted octanol–water partition coefficient (Wildman–Crippen LogP) is 3.77. The summed E-state index contributed by atoms with van der Waals surface area (Å²) in [5.41, 5.74) is 1.54. The van der Waals surface area contributed by atoms with Gasteiger partial charge in [-0.2, -0.15) is 5.26 Å². The van der Waals surface area contributed by atoms with Crippen LogP contribution in [0.15, 0.2) is 40.9 Å². The molecule has 6 nitrogen and oxygen atoms in total. The first-order valence-corrected chi connectivity index (χ1v) is 9.20. The van der Waals surface area contributed by atoms with Gasteiger partial charge in [-0.25, -0.2) is 13.2 Å². The second-order valence-corrected chi connectivity index (χ2v) is 7.11. The van der Waals surface area contributed by atoms with Gasteiger partial charge in [0.1, 0.15) is 23.5 Å². The number of rotatable bonds is 4. The van der Waals surface area contributed by atoms with Crippen molar-refractivity contribution in [3.8, 4) is 17.4 Å². The number of hydrogen-bond donors (Lipinski definition) is 2. The molecule has 0 radical (unpaired) electrons. The Morgan fingerprint density at radius 1 is 1.23 bits per heavy atom. The number of anilines is 1. The minimum absolute atomic E-state index is 0.0827. The number of nitriles is 1. The summed E-state index contributed by atoms with van der Waals surface area (Å²) in [4.78, 5) is 1.69. The first kappa shape index (κ1) is 19.9. The molecule has 0 aliphatic carbocycles. The van der Waals surface area contributed by atoms with Crippen LogP contribution < -0.4 is 5.32 Å². The zero-order valence-corrected chi connectivity index (χ0v) is 15.9. The van der Waals surface area contributed by atoms with Crippen molar-refractivity contribution >= 4 is 5.69 Å². The number of aromatic nitrogens is 1. The molecule has 0 spiro atoms. The van der Waals surface area contributed by atoms with E-state index in [9.17, 15) is 18.3 Å². The summed E-state index contributed by atoms with van der Waals surface area (Å²) < 4.78 is 46.4. The van der Waals surface area contributed by atoms with Crippen molar-refractivity contribution in [3.63, 3.8) is 0 Å². The lowest BCUT2D eigenvalue weighted by molar-refractivity contribution is -0.0120. The molecule has 0 saturated heterocycles. The van der Waals surface area contributed by atoms with Crippen LogP contribution in [0, 0.1) is 28.8 Å². The first-order chi connectivity index (χ1) is 14.4. The summed E-state index contributed by atoms with van der Waals surface area (Å²) in [7, 11) is 0. The van der Waals surface area contributed by atoms with Gasteiger partial charge in [0.05, 0.1) is 16.8 Å². The summed E-state index contributed by atoms with van der Waals surface area (Å²) in [5.74, 6) is -1.94. The molecular weight excluding hydrogens is 397 g/mol. The van der Waals surface area contributed by atoms with E-state index in [0.717, 1.165) is 18.2 Å². The highest BCUT2D eigenvalue weighted by Crippen LogP contribution is 2.34. The largest absolute Gasteiger partial charge is 0.361 e. The van der Waals surface area contributed by atoms with Crippen molar-refractivity contribution in [3.05, 3.63) is 70.7 Å². The van der Waals surface area contributed by atoms with Gasteiger partial charge in [-0.15, -0.1) is 0 Å². The Labute approximate surface area is 170 Å². The molecule has 2 unspecified atom stereocenters. The van der Waals surface area contributed by atoms with E-state index >= 15 is 0 Å². The van der Waals surface area contributed by atoms with Crippen LogP contribution >= 0.6 is 0 Å². The fourth-order valence-electron chi connectivity index (χ4n) is 3.55. The molecule has 9 heteroatoms. The summed E-state index contributed by atoms with van der Waals surface area (Å²) in [6, 6.07) is 8.64. The third-order valence-electron chi connectivity index (χ3n) is 5.14. The van der Waals surface area contributed by atoms with Gasteiger partial charge >= 0.3 is 0 Å². The molecule has 0 saturated carbocycles. The number of halogens is 3. The minimum Gasteiger partial charge on any atom is -0.361 e. The molecule has 0 fully saturated rings. The maximum atomic E-state index is 14.2. The average Bonchev–Trinajstić information content (AvgIpc) is 3.11. The molecule has 1 aliphatic rings. The second kappa shape index (κ2) is 7.82. The minimum atomic E-state index is -1.18. The highest BCUT2D eigenvalue weighted by atomic mass is 19.1. The van der Waals surface area contributed by atoms with E-state index in [1.807, 2.05) is 6.92 Å². The van der Waals surface area contributed by atoms with Gasteiger partial charge in [-0.1, -0.05) is 5.16 Å². The smallest absolute Gasteiger partial charge is 0.184 e. The average molecular weight is 414 g/mol. The van der Waals surface area contributed by atoms with Crippen LogP contribution in [0.1, 0.15) is 23.7 Å². The van der Waals surface area contributed by atoms with E-state index in [0.29, 0.717) is 23.4 Å². The van der Waals surface area contributed by atoms with Crippen molar-refractivity contribution in [2.45, 2.75) is 32.3 Å². The number of aliphatic hydroxyl groups is 1. The Bertz CT molecular complexity index is 1140. The van der Waals surface area contributed by atoms with Crippen molar-refractivity contribution < 1.29 is 22.8 Å². The maximum absolute atomic E-state index is 14.2. The summed E-state index contributed by atoms with van der Waals surface area (Å²) >= 11 is 0. The van der Waals surface area contributed by atoms with Gasteiger partial charge in [0, 0.05) is 36.3 Å². The number of nitrogens with one attached hydrogen (secondary N) is 1. The summed E-state index contributed by atoms with van der Waals surface area (Å²) in [5, 5.41) is 26.5. The molecule has 2 atom stereocenters. The van der Waals surface area contributed by atoms with Crippen molar-refractivity contribution in [2.75, 3.05) is 5.32 Å². The van der Waals surface area contributed by atoms with E-state index in [1.165, 1.54) is 18.2 Å². The lowest BCUT2D eigenvalue weighted by Gasteiger charge is -2.36. The van der Waals surface area contributed by atoms with Gasteiger partial charge in [-0.05, 0) is 37.3 Å². The molecule has 0 amide bonds. The zero-order chi connectivity index (χ0) is 21.4. The highest BCUT2D eigenvalue weighted by Gasteiger charge is 2.33. The molecule has 3 aromatic rings. The zero-order valence-electron chi connectivity index (χ0n) is 15.9. The lowest BCUT2D eigenvalue weighted by Crippen LogP contribution is -2.48. The molecular formula is C21H17F3N4O2. The molecule has 154 valence electrons. The fourth-order valence-corrected chi connectivity index (χ4v) is 3.55. The summed E-state index contributed by atoms with van der Waals surface area (Å²) in [6.45, 7) is 2.07. The SMILES string of the molecule is CC1Cc2noc(-c3ccc(F)cc3F)c2CN1C(O)Nc1ccc(F)c(C#N)c1. The highest BCUT2D eigenvalue weighted by molar-refractivity contribution is 5.63. The predicted molar refractivity (Wildman–Crippen MR) is 101 cm³/mol. The number of fused-ring (bicyclic) bond motifs is 1. The summed E-state index contributed by atoms with van der Waals surface area (Å²) in [6.07, 6.45) is -0.737. The standard InChI is InChI=1S/C21H17F3N4O2/c1-11-6-19-16(20(30-27-19)15-4-2-13(22)8-18(15)24)10-28(11)21(29)26-14-3-5-17(23)12(7-14)9-25/h2-5,7-8,11,21,26,29H,6,10H2,1H3. The molecule has 2 heterocycles. The van der Waals surface area contributed by atoms with E-state index < -0.39 is 23.8 Å². The van der Waals surface area contributed by atoms with Crippen molar-refractivity contribution in [2.24, 2.45) is 0 Å². The number of benzene rings is 2. The van der Waals surface area contributed by atoms with Crippen LogP contribution in [-0.4, -0.2) is 27.6 Å². The second-order valence-electron chi connectivity index (χ2n) is 7.11. The maximum Gasteiger partial charge on any atom is 0.184 e. The van der Waals surface area contributed by atoms with Crippen molar-refractivity contribution in [1.82, 2.24) is 10.1 Å². The number of aliphatic hydroxyl groups excluding tert-OH is 1. The first-order valence-electron chi connectivity index (χ1n) is 9.20. The van der Waals surface area contributed by atoms with Crippen LogP contribution in [0.3, 0.4) is 0 Å². The quantitative estimate of drug-likeness (QED) is 0.633. The van der Waals surface area contributed by atoms with Gasteiger partial charge < -0.3 is 14.9 Å². The number of nitrogens with zero attached hydrogens (tertiary/aromatic N) is 3. The third kappa shape index (κ3) is 3.63. The van der Waals surface area contributed by atoms with Gasteiger partial charge in [0.15, 0.2) is 12.1 Å². The lowest BCUT2D eigenvalue weighted by atomic mass is 9.97. The Kier molecular flexibility index (Phi) is 5.20. The topological polar surface area (TPSA) is 85.3 Å².